The average molecular weight is 218 g/mol. The third-order valence-electron chi connectivity index (χ3n) is 2.43. The lowest BCUT2D eigenvalue weighted by Crippen LogP contribution is -2.24. The molecular weight excluding hydrogens is 208 g/mol. The molecule has 1 heterocycles. The van der Waals surface area contributed by atoms with Crippen LogP contribution < -0.4 is 11.1 Å². The van der Waals surface area contributed by atoms with Gasteiger partial charge in [-0.05, 0) is 24.1 Å². The van der Waals surface area contributed by atoms with Gasteiger partial charge in [0.25, 0.3) is 11.7 Å². The van der Waals surface area contributed by atoms with Crippen LogP contribution in [-0.4, -0.2) is 24.0 Å². The van der Waals surface area contributed by atoms with Crippen LogP contribution in [0.2, 0.25) is 0 Å². The Bertz CT molecular complexity index is 482. The summed E-state index contributed by atoms with van der Waals surface area (Å²) in [6, 6.07) is 4.39. The van der Waals surface area contributed by atoms with E-state index in [1.54, 1.807) is 18.2 Å². The van der Waals surface area contributed by atoms with Crippen LogP contribution in [0.1, 0.15) is 15.9 Å². The van der Waals surface area contributed by atoms with Crippen LogP contribution in [0.25, 0.3) is 0 Å². The molecule has 0 unspecified atom stereocenters. The Kier molecular flexibility index (Phi) is 2.54. The van der Waals surface area contributed by atoms with Crippen LogP contribution in [-0.2, 0) is 16.0 Å². The van der Waals surface area contributed by atoms with Gasteiger partial charge in [0.1, 0.15) is 6.29 Å². The lowest BCUT2D eigenvalue weighted by atomic mass is 10.0. The van der Waals surface area contributed by atoms with Gasteiger partial charge in [0, 0.05) is 0 Å². The summed E-state index contributed by atoms with van der Waals surface area (Å²) in [6.45, 7) is 0. The highest BCUT2D eigenvalue weighted by atomic mass is 16.2. The van der Waals surface area contributed by atoms with Crippen molar-refractivity contribution in [2.24, 2.45) is 5.73 Å². The fourth-order valence-corrected chi connectivity index (χ4v) is 1.64. The minimum Gasteiger partial charge on any atom is -0.321 e. The lowest BCUT2D eigenvalue weighted by molar-refractivity contribution is -0.112. The van der Waals surface area contributed by atoms with E-state index in [1.807, 2.05) is 0 Å². The fraction of sp³-hybridized carbons (Fsp3) is 0.182. The molecule has 5 heteroatoms. The number of Topliss-reactive ketones (excluding diaryl/α,β-unsaturated/α-hetero) is 1. The number of hydrogen-bond acceptors (Lipinski definition) is 4. The molecule has 1 aliphatic rings. The van der Waals surface area contributed by atoms with E-state index in [0.29, 0.717) is 24.0 Å². The minimum absolute atomic E-state index is 0.348. The first kappa shape index (κ1) is 10.5. The van der Waals surface area contributed by atoms with Crippen LogP contribution in [0.5, 0.6) is 0 Å². The molecule has 0 radical (unpaired) electrons. The van der Waals surface area contributed by atoms with Crippen molar-refractivity contribution < 1.29 is 14.4 Å². The second-order valence-electron chi connectivity index (χ2n) is 3.67. The van der Waals surface area contributed by atoms with E-state index in [9.17, 15) is 14.4 Å². The average Bonchev–Trinajstić information content (AvgIpc) is 2.55. The molecule has 0 bridgehead atoms. The Labute approximate surface area is 91.6 Å². The molecule has 82 valence electrons. The van der Waals surface area contributed by atoms with Gasteiger partial charge < -0.3 is 15.8 Å². The van der Waals surface area contributed by atoms with E-state index >= 15 is 0 Å². The molecule has 0 fully saturated rings. The second-order valence-corrected chi connectivity index (χ2v) is 3.67. The van der Waals surface area contributed by atoms with Crippen molar-refractivity contribution in [2.75, 3.05) is 5.32 Å². The maximum Gasteiger partial charge on any atom is 0.296 e. The fourth-order valence-electron chi connectivity index (χ4n) is 1.64. The van der Waals surface area contributed by atoms with Crippen molar-refractivity contribution in [1.29, 1.82) is 0 Å². The molecule has 16 heavy (non-hydrogen) atoms. The Hall–Kier alpha value is -2.01. The number of carbonyl (C=O) groups excluding carboxylic acids is 3. The van der Waals surface area contributed by atoms with Crippen molar-refractivity contribution in [3.05, 3.63) is 29.3 Å². The molecule has 0 aliphatic carbocycles. The molecule has 3 N–H and O–H groups in total. The zero-order valence-electron chi connectivity index (χ0n) is 8.40. The third-order valence-corrected chi connectivity index (χ3v) is 2.43. The van der Waals surface area contributed by atoms with Gasteiger partial charge in [-0.2, -0.15) is 0 Å². The molecule has 1 aromatic carbocycles. The van der Waals surface area contributed by atoms with Gasteiger partial charge in [0.05, 0.1) is 17.3 Å². The molecule has 0 saturated heterocycles. The van der Waals surface area contributed by atoms with Gasteiger partial charge in [0.2, 0.25) is 0 Å². The monoisotopic (exact) mass is 218 g/mol. The number of carbonyl (C=O) groups is 3. The first-order chi connectivity index (χ1) is 7.61. The van der Waals surface area contributed by atoms with Gasteiger partial charge in [-0.25, -0.2) is 0 Å². The van der Waals surface area contributed by atoms with Gasteiger partial charge >= 0.3 is 0 Å². The van der Waals surface area contributed by atoms with Crippen molar-refractivity contribution in [3.8, 4) is 0 Å². The van der Waals surface area contributed by atoms with Crippen molar-refractivity contribution in [1.82, 2.24) is 0 Å². The molecule has 1 aromatic rings. The summed E-state index contributed by atoms with van der Waals surface area (Å²) in [6.07, 6.45) is 1.01. The Morgan fingerprint density at radius 2 is 2.12 bits per heavy atom. The number of fused-ring (bicyclic) bond motifs is 1. The molecule has 5 nitrogen and oxygen atoms in total. The van der Waals surface area contributed by atoms with Crippen LogP contribution in [0.15, 0.2) is 18.2 Å². The zero-order chi connectivity index (χ0) is 11.7. The largest absolute Gasteiger partial charge is 0.321 e. The van der Waals surface area contributed by atoms with E-state index in [-0.39, 0.29) is 0 Å². The van der Waals surface area contributed by atoms with Crippen molar-refractivity contribution in [3.63, 3.8) is 0 Å². The van der Waals surface area contributed by atoms with E-state index in [0.717, 1.165) is 5.56 Å². The summed E-state index contributed by atoms with van der Waals surface area (Å²) in [5.74, 6) is -1.16. The van der Waals surface area contributed by atoms with Crippen molar-refractivity contribution in [2.45, 2.75) is 12.5 Å². The number of nitrogens with two attached hydrogens (primary N) is 1. The van der Waals surface area contributed by atoms with Gasteiger partial charge in [0.15, 0.2) is 0 Å². The number of anilines is 1. The van der Waals surface area contributed by atoms with Gasteiger partial charge in [-0.3, -0.25) is 9.59 Å². The quantitative estimate of drug-likeness (QED) is 0.547. The first-order valence-electron chi connectivity index (χ1n) is 4.81. The number of ketones is 1. The molecule has 1 aliphatic heterocycles. The van der Waals surface area contributed by atoms with Gasteiger partial charge in [-0.1, -0.05) is 6.07 Å². The number of hydrogen-bond donors (Lipinski definition) is 2. The molecule has 0 spiro atoms. The second kappa shape index (κ2) is 3.86. The summed E-state index contributed by atoms with van der Waals surface area (Å²) in [4.78, 5) is 32.9. The number of nitrogens with one attached hydrogen (secondary N) is 1. The standard InChI is InChI=1S/C11H10N2O3/c12-7(5-14)3-6-1-2-9-8(4-6)10(15)11(16)13-9/h1-2,4-5,7H,3,12H2,(H,13,15,16)/t7-/m0/s1. The molecule has 0 aromatic heterocycles. The Morgan fingerprint density at radius 1 is 1.38 bits per heavy atom. The Morgan fingerprint density at radius 3 is 2.81 bits per heavy atom. The van der Waals surface area contributed by atoms with Crippen molar-refractivity contribution >= 4 is 23.7 Å². The molecular formula is C11H10N2O3. The van der Waals surface area contributed by atoms with Gasteiger partial charge in [-0.15, -0.1) is 0 Å². The molecule has 2 rings (SSSR count). The summed E-state index contributed by atoms with van der Waals surface area (Å²) in [5, 5.41) is 2.45. The first-order valence-corrected chi connectivity index (χ1v) is 4.81. The number of benzene rings is 1. The highest BCUT2D eigenvalue weighted by Gasteiger charge is 2.27. The third kappa shape index (κ3) is 1.72. The molecule has 1 atom stereocenters. The number of rotatable bonds is 3. The predicted octanol–water partition coefficient (Wildman–Crippen LogP) is -0.110. The van der Waals surface area contributed by atoms with Crippen LogP contribution >= 0.6 is 0 Å². The predicted molar refractivity (Wildman–Crippen MR) is 57.1 cm³/mol. The van der Waals surface area contributed by atoms with Crippen LogP contribution in [0, 0.1) is 0 Å². The Balaban J connectivity index is 2.30. The summed E-state index contributed by atoms with van der Waals surface area (Å²) in [7, 11) is 0. The highest BCUT2D eigenvalue weighted by Crippen LogP contribution is 2.24. The molecule has 0 saturated carbocycles. The minimum atomic E-state index is -0.619. The summed E-state index contributed by atoms with van der Waals surface area (Å²) >= 11 is 0. The topological polar surface area (TPSA) is 89.3 Å². The summed E-state index contributed by atoms with van der Waals surface area (Å²) in [5.41, 5.74) is 7.10. The number of amides is 1. The maximum absolute atomic E-state index is 11.4. The SMILES string of the molecule is N[C@H](C=O)Cc1ccc2c(c1)C(=O)C(=O)N2. The van der Waals surface area contributed by atoms with E-state index in [1.165, 1.54) is 0 Å². The zero-order valence-corrected chi connectivity index (χ0v) is 8.40. The van der Waals surface area contributed by atoms with Crippen LogP contribution in [0.3, 0.4) is 0 Å². The smallest absolute Gasteiger partial charge is 0.296 e. The number of aldehydes is 1. The summed E-state index contributed by atoms with van der Waals surface area (Å²) < 4.78 is 0. The normalized spacial score (nSPS) is 15.6. The van der Waals surface area contributed by atoms with E-state index < -0.39 is 17.7 Å². The maximum atomic E-state index is 11.4. The highest BCUT2D eigenvalue weighted by molar-refractivity contribution is 6.51. The lowest BCUT2D eigenvalue weighted by Gasteiger charge is -2.05. The molecule has 1 amide bonds. The van der Waals surface area contributed by atoms with E-state index in [2.05, 4.69) is 5.32 Å². The van der Waals surface area contributed by atoms with E-state index in [4.69, 9.17) is 5.73 Å². The van der Waals surface area contributed by atoms with Crippen LogP contribution in [0.4, 0.5) is 5.69 Å².